The van der Waals surface area contributed by atoms with Crippen LogP contribution in [0, 0.1) is 11.8 Å². The van der Waals surface area contributed by atoms with Crippen LogP contribution in [-0.2, 0) is 9.53 Å². The van der Waals surface area contributed by atoms with E-state index in [-0.39, 0.29) is 11.5 Å². The van der Waals surface area contributed by atoms with Crippen LogP contribution in [0.1, 0.15) is 38.2 Å². The number of likely N-dealkylation sites (tertiary alicyclic amines) is 1. The van der Waals surface area contributed by atoms with Crippen LogP contribution in [0.4, 0.5) is 0 Å². The summed E-state index contributed by atoms with van der Waals surface area (Å²) in [6, 6.07) is 10.8. The molecular formula is C24H34N2O2S. The van der Waals surface area contributed by atoms with Crippen LogP contribution < -0.4 is 5.32 Å². The number of hydrogen-bond donors (Lipinski definition) is 1. The summed E-state index contributed by atoms with van der Waals surface area (Å²) < 4.78 is 6.57. The zero-order valence-electron chi connectivity index (χ0n) is 17.7. The van der Waals surface area contributed by atoms with Crippen LogP contribution in [0.25, 0.3) is 5.57 Å². The third-order valence-corrected chi connectivity index (χ3v) is 7.52. The largest absolute Gasteiger partial charge is 0.370 e. The fraction of sp³-hybridized carbons (Fsp3) is 0.625. The number of rotatable bonds is 9. The minimum atomic E-state index is 0.0212. The van der Waals surface area contributed by atoms with E-state index in [1.165, 1.54) is 17.6 Å². The molecule has 0 radical (unpaired) electrons. The van der Waals surface area contributed by atoms with E-state index in [0.29, 0.717) is 24.4 Å². The van der Waals surface area contributed by atoms with Crippen molar-refractivity contribution in [2.75, 3.05) is 38.2 Å². The minimum absolute atomic E-state index is 0.0212. The summed E-state index contributed by atoms with van der Waals surface area (Å²) in [6.07, 6.45) is 8.73. The standard InChI is InChI=1S/C24H34N2O2S/c1-3-7-19(18-8-5-4-6-9-18)15-26-16-21-20(14-25-23(27)11-13-29-2)22-10-12-24(21,17-26)28-22/h4-9,20-22H,3,10-17H2,1-2H3,(H,25,27)/b19-7-/t20-,21+,22+,24+/m0/s1. The molecule has 1 spiro atoms. The van der Waals surface area contributed by atoms with Crippen molar-refractivity contribution < 1.29 is 9.53 Å². The van der Waals surface area contributed by atoms with Crippen LogP contribution in [0.5, 0.6) is 0 Å². The molecule has 158 valence electrons. The van der Waals surface area contributed by atoms with E-state index >= 15 is 0 Å². The Morgan fingerprint density at radius 1 is 1.38 bits per heavy atom. The van der Waals surface area contributed by atoms with Crippen LogP contribution in [-0.4, -0.2) is 60.7 Å². The Morgan fingerprint density at radius 2 is 2.21 bits per heavy atom. The second-order valence-electron chi connectivity index (χ2n) is 8.75. The number of carbonyl (C=O) groups excluding carboxylic acids is 1. The van der Waals surface area contributed by atoms with Gasteiger partial charge in [0.2, 0.25) is 5.91 Å². The van der Waals surface area contributed by atoms with Gasteiger partial charge in [-0.3, -0.25) is 9.69 Å². The van der Waals surface area contributed by atoms with E-state index in [1.807, 2.05) is 6.26 Å². The zero-order valence-corrected chi connectivity index (χ0v) is 18.5. The summed E-state index contributed by atoms with van der Waals surface area (Å²) in [5.41, 5.74) is 2.76. The first kappa shape index (κ1) is 21.0. The normalized spacial score (nSPS) is 31.2. The molecule has 3 fully saturated rings. The molecule has 29 heavy (non-hydrogen) atoms. The summed E-state index contributed by atoms with van der Waals surface area (Å²) in [5.74, 6) is 2.08. The number of nitrogens with one attached hydrogen (secondary N) is 1. The summed E-state index contributed by atoms with van der Waals surface area (Å²) >= 11 is 1.73. The van der Waals surface area contributed by atoms with Crippen molar-refractivity contribution in [2.24, 2.45) is 11.8 Å². The molecule has 0 aliphatic carbocycles. The summed E-state index contributed by atoms with van der Waals surface area (Å²) in [4.78, 5) is 14.7. The lowest BCUT2D eigenvalue weighted by Gasteiger charge is -2.29. The Labute approximate surface area is 179 Å². The predicted octanol–water partition coefficient (Wildman–Crippen LogP) is 3.83. The first-order valence-electron chi connectivity index (χ1n) is 11.1. The van der Waals surface area contributed by atoms with Gasteiger partial charge in [0.05, 0.1) is 11.7 Å². The molecule has 0 aromatic heterocycles. The van der Waals surface area contributed by atoms with Gasteiger partial charge in [0.25, 0.3) is 0 Å². The number of thioether (sulfide) groups is 1. The SMILES string of the molecule is CC/C=C(/CN1C[C@@H]2[C@H](CNC(=O)CCSC)[C@H]3CC[C@]2(C1)O3)c1ccccc1. The second kappa shape index (κ2) is 9.23. The van der Waals surface area contributed by atoms with E-state index in [4.69, 9.17) is 4.74 Å². The number of amides is 1. The van der Waals surface area contributed by atoms with Gasteiger partial charge in [0, 0.05) is 50.2 Å². The zero-order chi connectivity index (χ0) is 20.3. The molecule has 0 saturated carbocycles. The first-order valence-corrected chi connectivity index (χ1v) is 12.4. The molecule has 3 aliphatic rings. The summed E-state index contributed by atoms with van der Waals surface area (Å²) in [5, 5.41) is 3.19. The molecule has 0 unspecified atom stereocenters. The number of carbonyl (C=O) groups is 1. The van der Waals surface area contributed by atoms with Gasteiger partial charge in [0.15, 0.2) is 0 Å². The average molecular weight is 415 g/mol. The Kier molecular flexibility index (Phi) is 6.67. The molecule has 1 N–H and O–H groups in total. The number of ether oxygens (including phenoxy) is 1. The van der Waals surface area contributed by atoms with E-state index in [9.17, 15) is 4.79 Å². The molecule has 3 aliphatic heterocycles. The molecule has 1 aromatic carbocycles. The Balaban J connectivity index is 1.40. The van der Waals surface area contributed by atoms with Crippen molar-refractivity contribution in [1.82, 2.24) is 10.2 Å². The van der Waals surface area contributed by atoms with Crippen molar-refractivity contribution in [2.45, 2.75) is 44.3 Å². The average Bonchev–Trinajstić information content (AvgIpc) is 3.39. The monoisotopic (exact) mass is 414 g/mol. The van der Waals surface area contributed by atoms with Crippen molar-refractivity contribution in [1.29, 1.82) is 0 Å². The molecule has 3 heterocycles. The topological polar surface area (TPSA) is 41.6 Å². The van der Waals surface area contributed by atoms with Gasteiger partial charge in [-0.05, 0) is 36.7 Å². The van der Waals surface area contributed by atoms with E-state index in [2.05, 4.69) is 53.5 Å². The Hall–Kier alpha value is -1.30. The lowest BCUT2D eigenvalue weighted by molar-refractivity contribution is -0.121. The number of fused-ring (bicyclic) bond motifs is 1. The third kappa shape index (κ3) is 4.42. The van der Waals surface area contributed by atoms with Crippen molar-refractivity contribution >= 4 is 23.2 Å². The van der Waals surface area contributed by atoms with Gasteiger partial charge in [-0.1, -0.05) is 43.3 Å². The molecule has 1 aromatic rings. The fourth-order valence-electron chi connectivity index (χ4n) is 5.61. The van der Waals surface area contributed by atoms with Crippen molar-refractivity contribution in [3.05, 3.63) is 42.0 Å². The molecule has 1 amide bonds. The molecule has 3 saturated heterocycles. The molecule has 2 bridgehead atoms. The number of allylic oxidation sites excluding steroid dienone is 1. The number of nitrogens with zero attached hydrogens (tertiary/aromatic N) is 1. The molecular weight excluding hydrogens is 380 g/mol. The maximum atomic E-state index is 12.1. The Morgan fingerprint density at radius 3 is 2.97 bits per heavy atom. The molecule has 4 atom stereocenters. The summed E-state index contributed by atoms with van der Waals surface area (Å²) in [7, 11) is 0. The van der Waals surface area contributed by atoms with Crippen LogP contribution in [0.2, 0.25) is 0 Å². The minimum Gasteiger partial charge on any atom is -0.370 e. The quantitative estimate of drug-likeness (QED) is 0.667. The number of benzene rings is 1. The van der Waals surface area contributed by atoms with E-state index < -0.39 is 0 Å². The third-order valence-electron chi connectivity index (χ3n) is 6.91. The van der Waals surface area contributed by atoms with Gasteiger partial charge in [-0.15, -0.1) is 0 Å². The molecule has 5 heteroatoms. The number of hydrogen-bond acceptors (Lipinski definition) is 4. The highest BCUT2D eigenvalue weighted by Gasteiger charge is 2.62. The second-order valence-corrected chi connectivity index (χ2v) is 9.74. The summed E-state index contributed by atoms with van der Waals surface area (Å²) in [6.45, 7) is 6.07. The molecule has 4 rings (SSSR count). The van der Waals surface area contributed by atoms with E-state index in [1.54, 1.807) is 11.8 Å². The van der Waals surface area contributed by atoms with E-state index in [0.717, 1.165) is 44.8 Å². The predicted molar refractivity (Wildman–Crippen MR) is 121 cm³/mol. The maximum Gasteiger partial charge on any atom is 0.220 e. The first-order chi connectivity index (χ1) is 14.1. The lowest BCUT2D eigenvalue weighted by atomic mass is 9.73. The van der Waals surface area contributed by atoms with Gasteiger partial charge in [0.1, 0.15) is 0 Å². The Bertz CT molecular complexity index is 738. The smallest absolute Gasteiger partial charge is 0.220 e. The maximum absolute atomic E-state index is 12.1. The van der Waals surface area contributed by atoms with Gasteiger partial charge in [-0.25, -0.2) is 0 Å². The van der Waals surface area contributed by atoms with Crippen LogP contribution in [0.15, 0.2) is 36.4 Å². The highest BCUT2D eigenvalue weighted by molar-refractivity contribution is 7.98. The van der Waals surface area contributed by atoms with Crippen molar-refractivity contribution in [3.8, 4) is 0 Å². The van der Waals surface area contributed by atoms with Crippen molar-refractivity contribution in [3.63, 3.8) is 0 Å². The fourth-order valence-corrected chi connectivity index (χ4v) is 6.00. The highest BCUT2D eigenvalue weighted by atomic mass is 32.2. The van der Waals surface area contributed by atoms with Gasteiger partial charge in [-0.2, -0.15) is 11.8 Å². The van der Waals surface area contributed by atoms with Gasteiger partial charge < -0.3 is 10.1 Å². The van der Waals surface area contributed by atoms with Crippen LogP contribution >= 0.6 is 11.8 Å². The van der Waals surface area contributed by atoms with Crippen LogP contribution in [0.3, 0.4) is 0 Å². The lowest BCUT2D eigenvalue weighted by Crippen LogP contribution is -2.41. The highest BCUT2D eigenvalue weighted by Crippen LogP contribution is 2.54. The van der Waals surface area contributed by atoms with Gasteiger partial charge >= 0.3 is 0 Å². The molecule has 4 nitrogen and oxygen atoms in total.